The second-order valence-corrected chi connectivity index (χ2v) is 4.55. The van der Waals surface area contributed by atoms with Crippen LogP contribution in [0.4, 0.5) is 0 Å². The Bertz CT molecular complexity index is 478. The maximum absolute atomic E-state index is 6.15. The molecule has 0 bridgehead atoms. The molecular weight excluding hydrogens is 246 g/mol. The minimum absolute atomic E-state index is 0.189. The number of aryl methyl sites for hydroxylation is 2. The fraction of sp³-hybridized carbons (Fsp3) is 0.444. The largest absolute Gasteiger partial charge is 0.322 e. The van der Waals surface area contributed by atoms with Crippen molar-refractivity contribution < 1.29 is 0 Å². The van der Waals surface area contributed by atoms with Crippen LogP contribution in [-0.2, 0) is 13.5 Å². The SMILES string of the molecule is Cc1nn(C)c(CC(N)c2cnsn2)c1Cl. The minimum Gasteiger partial charge on any atom is -0.322 e. The van der Waals surface area contributed by atoms with Gasteiger partial charge < -0.3 is 5.73 Å². The van der Waals surface area contributed by atoms with Crippen molar-refractivity contribution in [3.63, 3.8) is 0 Å². The van der Waals surface area contributed by atoms with E-state index >= 15 is 0 Å². The van der Waals surface area contributed by atoms with Gasteiger partial charge in [0.2, 0.25) is 0 Å². The van der Waals surface area contributed by atoms with E-state index in [0.29, 0.717) is 11.4 Å². The molecule has 0 aliphatic rings. The number of nitrogens with zero attached hydrogens (tertiary/aromatic N) is 4. The molecule has 2 rings (SSSR count). The van der Waals surface area contributed by atoms with Crippen LogP contribution in [0.2, 0.25) is 5.02 Å². The summed E-state index contributed by atoms with van der Waals surface area (Å²) >= 11 is 7.30. The van der Waals surface area contributed by atoms with Crippen LogP contribution >= 0.6 is 23.3 Å². The number of rotatable bonds is 3. The zero-order valence-corrected chi connectivity index (χ0v) is 10.6. The second kappa shape index (κ2) is 4.48. The number of hydrogen-bond donors (Lipinski definition) is 1. The molecule has 0 aliphatic heterocycles. The normalized spacial score (nSPS) is 13.0. The smallest absolute Gasteiger partial charge is 0.0914 e. The molecule has 1 atom stereocenters. The zero-order chi connectivity index (χ0) is 11.7. The van der Waals surface area contributed by atoms with Gasteiger partial charge in [0.1, 0.15) is 0 Å². The average molecular weight is 258 g/mol. The van der Waals surface area contributed by atoms with Crippen molar-refractivity contribution in [3.05, 3.63) is 28.3 Å². The van der Waals surface area contributed by atoms with Gasteiger partial charge in [0, 0.05) is 13.5 Å². The number of aromatic nitrogens is 4. The first-order valence-corrected chi connectivity index (χ1v) is 5.91. The average Bonchev–Trinajstić information content (AvgIpc) is 2.83. The standard InChI is InChI=1S/C9H12ClN5S/c1-5-9(10)8(15(2)13-5)3-6(11)7-4-12-16-14-7/h4,6H,3,11H2,1-2H3. The molecule has 2 heterocycles. The summed E-state index contributed by atoms with van der Waals surface area (Å²) in [5.41, 5.74) is 8.57. The van der Waals surface area contributed by atoms with Crippen LogP contribution in [0.5, 0.6) is 0 Å². The van der Waals surface area contributed by atoms with E-state index in [2.05, 4.69) is 13.8 Å². The van der Waals surface area contributed by atoms with Crippen LogP contribution in [0.3, 0.4) is 0 Å². The van der Waals surface area contributed by atoms with Crippen molar-refractivity contribution in [1.29, 1.82) is 0 Å². The third-order valence-electron chi connectivity index (χ3n) is 2.43. The highest BCUT2D eigenvalue weighted by Crippen LogP contribution is 2.23. The van der Waals surface area contributed by atoms with Crippen LogP contribution in [0.1, 0.15) is 23.1 Å². The molecule has 86 valence electrons. The molecule has 0 amide bonds. The topological polar surface area (TPSA) is 69.6 Å². The summed E-state index contributed by atoms with van der Waals surface area (Å²) in [5.74, 6) is 0. The predicted molar refractivity (Wildman–Crippen MR) is 63.5 cm³/mol. The van der Waals surface area contributed by atoms with Crippen LogP contribution in [0.15, 0.2) is 6.20 Å². The Balaban J connectivity index is 2.21. The van der Waals surface area contributed by atoms with Crippen LogP contribution in [0, 0.1) is 6.92 Å². The summed E-state index contributed by atoms with van der Waals surface area (Å²) in [5, 5.41) is 4.92. The Morgan fingerprint density at radius 3 is 2.88 bits per heavy atom. The van der Waals surface area contributed by atoms with Gasteiger partial charge in [-0.1, -0.05) is 11.6 Å². The molecule has 2 aromatic heterocycles. The Labute approximate surface area is 103 Å². The molecule has 0 aliphatic carbocycles. The molecule has 0 spiro atoms. The molecule has 2 aromatic rings. The van der Waals surface area contributed by atoms with Crippen LogP contribution in [0.25, 0.3) is 0 Å². The fourth-order valence-corrected chi connectivity index (χ4v) is 2.27. The van der Waals surface area contributed by atoms with Gasteiger partial charge in [0.25, 0.3) is 0 Å². The Morgan fingerprint density at radius 2 is 2.38 bits per heavy atom. The quantitative estimate of drug-likeness (QED) is 0.904. The van der Waals surface area contributed by atoms with Gasteiger partial charge >= 0.3 is 0 Å². The summed E-state index contributed by atoms with van der Waals surface area (Å²) in [7, 11) is 1.86. The molecule has 2 N–H and O–H groups in total. The molecular formula is C9H12ClN5S. The molecule has 16 heavy (non-hydrogen) atoms. The van der Waals surface area contributed by atoms with E-state index in [1.54, 1.807) is 10.9 Å². The minimum atomic E-state index is -0.189. The lowest BCUT2D eigenvalue weighted by Gasteiger charge is -2.08. The summed E-state index contributed by atoms with van der Waals surface area (Å²) < 4.78 is 9.80. The molecule has 0 aromatic carbocycles. The van der Waals surface area contributed by atoms with Crippen LogP contribution < -0.4 is 5.73 Å². The summed E-state index contributed by atoms with van der Waals surface area (Å²) in [4.78, 5) is 0. The summed E-state index contributed by atoms with van der Waals surface area (Å²) in [6.45, 7) is 1.88. The second-order valence-electron chi connectivity index (χ2n) is 3.61. The van der Waals surface area contributed by atoms with Crippen molar-refractivity contribution in [1.82, 2.24) is 18.5 Å². The lowest BCUT2D eigenvalue weighted by molar-refractivity contribution is 0.632. The molecule has 5 nitrogen and oxygen atoms in total. The van der Waals surface area contributed by atoms with E-state index < -0.39 is 0 Å². The molecule has 0 saturated heterocycles. The van der Waals surface area contributed by atoms with E-state index in [0.717, 1.165) is 28.8 Å². The van der Waals surface area contributed by atoms with Gasteiger partial charge in [-0.05, 0) is 6.92 Å². The molecule has 1 unspecified atom stereocenters. The maximum Gasteiger partial charge on any atom is 0.0914 e. The zero-order valence-electron chi connectivity index (χ0n) is 9.01. The lowest BCUT2D eigenvalue weighted by Crippen LogP contribution is -2.15. The van der Waals surface area contributed by atoms with Gasteiger partial charge in [-0.15, -0.1) is 0 Å². The number of hydrogen-bond acceptors (Lipinski definition) is 5. The predicted octanol–water partition coefficient (Wildman–Crippen LogP) is 1.48. The monoisotopic (exact) mass is 257 g/mol. The van der Waals surface area contributed by atoms with Gasteiger partial charge in [-0.3, -0.25) is 4.68 Å². The van der Waals surface area contributed by atoms with Gasteiger partial charge in [-0.2, -0.15) is 13.8 Å². The fourth-order valence-electron chi connectivity index (χ4n) is 1.55. The Kier molecular flexibility index (Phi) is 3.22. The highest BCUT2D eigenvalue weighted by Gasteiger charge is 2.17. The van der Waals surface area contributed by atoms with Crippen molar-refractivity contribution >= 4 is 23.3 Å². The first-order chi connectivity index (χ1) is 7.59. The summed E-state index contributed by atoms with van der Waals surface area (Å²) in [6, 6.07) is -0.189. The molecule has 0 radical (unpaired) electrons. The third-order valence-corrected chi connectivity index (χ3v) is 3.42. The first-order valence-electron chi connectivity index (χ1n) is 4.80. The number of halogens is 1. The van der Waals surface area contributed by atoms with E-state index in [9.17, 15) is 0 Å². The molecule has 0 saturated carbocycles. The van der Waals surface area contributed by atoms with Gasteiger partial charge in [0.15, 0.2) is 0 Å². The van der Waals surface area contributed by atoms with Crippen molar-refractivity contribution in [2.24, 2.45) is 12.8 Å². The summed E-state index contributed by atoms with van der Waals surface area (Å²) in [6.07, 6.45) is 2.30. The van der Waals surface area contributed by atoms with Crippen LogP contribution in [-0.4, -0.2) is 18.5 Å². The number of nitrogens with two attached hydrogens (primary N) is 1. The van der Waals surface area contributed by atoms with Gasteiger partial charge in [0.05, 0.1) is 46.1 Å². The molecule has 7 heteroatoms. The van der Waals surface area contributed by atoms with E-state index in [1.165, 1.54) is 0 Å². The first kappa shape index (κ1) is 11.5. The highest BCUT2D eigenvalue weighted by atomic mass is 35.5. The highest BCUT2D eigenvalue weighted by molar-refractivity contribution is 6.99. The maximum atomic E-state index is 6.15. The van der Waals surface area contributed by atoms with Gasteiger partial charge in [-0.25, -0.2) is 0 Å². The van der Waals surface area contributed by atoms with Crippen molar-refractivity contribution in [2.45, 2.75) is 19.4 Å². The van der Waals surface area contributed by atoms with Crippen molar-refractivity contribution in [2.75, 3.05) is 0 Å². The Hall–Kier alpha value is -0.980. The van der Waals surface area contributed by atoms with E-state index in [-0.39, 0.29) is 6.04 Å². The van der Waals surface area contributed by atoms with E-state index in [4.69, 9.17) is 17.3 Å². The Morgan fingerprint density at radius 1 is 1.62 bits per heavy atom. The van der Waals surface area contributed by atoms with E-state index in [1.807, 2.05) is 14.0 Å². The third kappa shape index (κ3) is 2.09. The lowest BCUT2D eigenvalue weighted by atomic mass is 10.1. The molecule has 0 fully saturated rings. The van der Waals surface area contributed by atoms with Crippen molar-refractivity contribution in [3.8, 4) is 0 Å².